The van der Waals surface area contributed by atoms with Crippen LogP contribution in [0.1, 0.15) is 87.7 Å². The summed E-state index contributed by atoms with van der Waals surface area (Å²) in [5, 5.41) is 10.6. The molecule has 0 aliphatic carbocycles. The Hall–Kier alpha value is -1.48. The molecule has 1 atom stereocenters. The van der Waals surface area contributed by atoms with Crippen molar-refractivity contribution in [2.75, 3.05) is 0 Å². The van der Waals surface area contributed by atoms with Crippen LogP contribution in [0.3, 0.4) is 0 Å². The second-order valence-electron chi connectivity index (χ2n) is 7.83. The lowest BCUT2D eigenvalue weighted by molar-refractivity contribution is 0.238. The smallest absolute Gasteiger partial charge is 0.146 e. The van der Waals surface area contributed by atoms with Crippen molar-refractivity contribution in [2.24, 2.45) is 0 Å². The van der Waals surface area contributed by atoms with Crippen LogP contribution in [-0.2, 0) is 0 Å². The Morgan fingerprint density at radius 2 is 1.62 bits per heavy atom. The predicted molar refractivity (Wildman–Crippen MR) is 117 cm³/mol. The predicted octanol–water partition coefficient (Wildman–Crippen LogP) is 6.48. The zero-order valence-corrected chi connectivity index (χ0v) is 18.5. The molecule has 0 spiro atoms. The Kier molecular flexibility index (Phi) is 7.87. The average Bonchev–Trinajstić information content (AvgIpc) is 2.59. The van der Waals surface area contributed by atoms with E-state index in [1.54, 1.807) is 0 Å². The summed E-state index contributed by atoms with van der Waals surface area (Å²) in [6, 6.07) is 7.55. The molecule has 0 aliphatic heterocycles. The number of rotatable bonds is 6. The van der Waals surface area contributed by atoms with Gasteiger partial charge in [-0.25, -0.2) is 0 Å². The van der Waals surface area contributed by atoms with Crippen LogP contribution in [0, 0.1) is 23.3 Å². The lowest BCUT2D eigenvalue weighted by Gasteiger charge is -2.38. The molecule has 0 aliphatic rings. The van der Waals surface area contributed by atoms with Crippen LogP contribution >= 0.6 is 0 Å². The Balaban J connectivity index is 3.35. The van der Waals surface area contributed by atoms with E-state index in [4.69, 9.17) is 2.74 Å². The summed E-state index contributed by atoms with van der Waals surface area (Å²) in [5.74, 6) is 8.70. The number of aliphatic hydroxyl groups is 1. The SMILES string of the molecule is [2H]C([2H])(C#CC(O)c1ccccc1C#C[Si](C(C)C)(C(C)C)C(C)C)CCC. The van der Waals surface area contributed by atoms with Crippen molar-refractivity contribution in [1.29, 1.82) is 0 Å². The normalized spacial score (nSPS) is 14.3. The largest absolute Gasteiger partial charge is 0.376 e. The van der Waals surface area contributed by atoms with E-state index in [9.17, 15) is 5.11 Å². The molecule has 1 unspecified atom stereocenters. The average molecular weight is 371 g/mol. The minimum Gasteiger partial charge on any atom is -0.376 e. The van der Waals surface area contributed by atoms with Crippen LogP contribution in [-0.4, -0.2) is 13.2 Å². The monoisotopic (exact) mass is 370 g/mol. The van der Waals surface area contributed by atoms with Crippen LogP contribution < -0.4 is 0 Å². The van der Waals surface area contributed by atoms with Gasteiger partial charge in [0.25, 0.3) is 0 Å². The molecule has 1 rings (SSSR count). The van der Waals surface area contributed by atoms with E-state index in [0.29, 0.717) is 35.0 Å². The molecule has 0 amide bonds. The zero-order chi connectivity index (χ0) is 21.5. The van der Waals surface area contributed by atoms with Crippen LogP contribution in [0.2, 0.25) is 16.6 Å². The van der Waals surface area contributed by atoms with E-state index in [0.717, 1.165) is 5.56 Å². The van der Waals surface area contributed by atoms with Gasteiger partial charge < -0.3 is 5.11 Å². The Morgan fingerprint density at radius 1 is 1.04 bits per heavy atom. The van der Waals surface area contributed by atoms with Crippen LogP contribution in [0.15, 0.2) is 24.3 Å². The fourth-order valence-electron chi connectivity index (χ4n) is 3.84. The lowest BCUT2D eigenvalue weighted by Crippen LogP contribution is -2.43. The quantitative estimate of drug-likeness (QED) is 0.448. The summed E-state index contributed by atoms with van der Waals surface area (Å²) in [6.07, 6.45) is -1.54. The van der Waals surface area contributed by atoms with Crippen molar-refractivity contribution in [3.8, 4) is 23.3 Å². The van der Waals surface area contributed by atoms with Gasteiger partial charge >= 0.3 is 0 Å². The van der Waals surface area contributed by atoms with Gasteiger partial charge in [0.15, 0.2) is 0 Å². The van der Waals surface area contributed by atoms with Crippen LogP contribution in [0.4, 0.5) is 0 Å². The number of hydrogen-bond acceptors (Lipinski definition) is 1. The molecule has 142 valence electrons. The first-order valence-electron chi connectivity index (χ1n) is 10.8. The van der Waals surface area contributed by atoms with E-state index in [2.05, 4.69) is 64.8 Å². The molecule has 1 N–H and O–H groups in total. The number of hydrogen-bond donors (Lipinski definition) is 1. The van der Waals surface area contributed by atoms with Gasteiger partial charge in [0.05, 0.1) is 0 Å². The maximum absolute atomic E-state index is 10.6. The second-order valence-corrected chi connectivity index (χ2v) is 13.4. The van der Waals surface area contributed by atoms with Gasteiger partial charge in [-0.2, -0.15) is 0 Å². The minimum absolute atomic E-state index is 0.361. The molecule has 0 saturated carbocycles. The van der Waals surface area contributed by atoms with Gasteiger partial charge in [0.2, 0.25) is 0 Å². The summed E-state index contributed by atoms with van der Waals surface area (Å²) in [7, 11) is -1.87. The van der Waals surface area contributed by atoms with Gasteiger partial charge in [-0.05, 0) is 29.1 Å². The highest BCUT2D eigenvalue weighted by atomic mass is 28.3. The van der Waals surface area contributed by atoms with Crippen LogP contribution in [0.5, 0.6) is 0 Å². The molecular weight excluding hydrogens is 332 g/mol. The summed E-state index contributed by atoms with van der Waals surface area (Å²) in [6.45, 7) is 15.6. The minimum atomic E-state index is -1.87. The molecule has 0 radical (unpaired) electrons. The van der Waals surface area contributed by atoms with Gasteiger partial charge in [-0.15, -0.1) is 11.5 Å². The second kappa shape index (κ2) is 10.6. The van der Waals surface area contributed by atoms with Crippen molar-refractivity contribution in [2.45, 2.75) is 90.4 Å². The van der Waals surface area contributed by atoms with Gasteiger partial charge in [0, 0.05) is 20.2 Å². The van der Waals surface area contributed by atoms with Crippen molar-refractivity contribution in [3.05, 3.63) is 35.4 Å². The topological polar surface area (TPSA) is 20.2 Å². The molecular formula is C24H36OSi. The molecule has 0 heterocycles. The maximum Gasteiger partial charge on any atom is 0.146 e. The molecule has 1 aromatic rings. The first-order chi connectivity index (χ1) is 13.0. The molecule has 26 heavy (non-hydrogen) atoms. The molecule has 0 bridgehead atoms. The van der Waals surface area contributed by atoms with Crippen molar-refractivity contribution in [3.63, 3.8) is 0 Å². The number of aliphatic hydroxyl groups excluding tert-OH is 1. The highest BCUT2D eigenvalue weighted by Gasteiger charge is 2.41. The third-order valence-corrected chi connectivity index (χ3v) is 11.5. The van der Waals surface area contributed by atoms with E-state index >= 15 is 0 Å². The van der Waals surface area contributed by atoms with Gasteiger partial charge in [-0.3, -0.25) is 0 Å². The Labute approximate surface area is 165 Å². The van der Waals surface area contributed by atoms with E-state index < -0.39 is 20.6 Å². The first-order valence-corrected chi connectivity index (χ1v) is 12.0. The summed E-state index contributed by atoms with van der Waals surface area (Å²) >= 11 is 0. The lowest BCUT2D eigenvalue weighted by atomic mass is 10.0. The molecule has 0 aromatic heterocycles. The molecule has 2 heteroatoms. The third-order valence-electron chi connectivity index (χ3n) is 5.21. The molecule has 0 fully saturated rings. The zero-order valence-electron chi connectivity index (χ0n) is 19.5. The van der Waals surface area contributed by atoms with Gasteiger partial charge in [0.1, 0.15) is 14.2 Å². The van der Waals surface area contributed by atoms with Crippen LogP contribution in [0.25, 0.3) is 0 Å². The summed E-state index contributed by atoms with van der Waals surface area (Å²) < 4.78 is 15.8. The van der Waals surface area contributed by atoms with E-state index in [-0.39, 0.29) is 0 Å². The molecule has 1 aromatic carbocycles. The third kappa shape index (κ3) is 5.50. The Morgan fingerprint density at radius 3 is 2.15 bits per heavy atom. The van der Waals surface area contributed by atoms with Crippen molar-refractivity contribution in [1.82, 2.24) is 0 Å². The highest BCUT2D eigenvalue weighted by Crippen LogP contribution is 2.40. The summed E-state index contributed by atoms with van der Waals surface area (Å²) in [4.78, 5) is 0. The van der Waals surface area contributed by atoms with Crippen molar-refractivity contribution < 1.29 is 7.85 Å². The maximum atomic E-state index is 10.6. The fraction of sp³-hybridized carbons (Fsp3) is 0.583. The standard InChI is InChI=1S/C24H36OSi/c1-8-9-10-11-16-24(25)23-15-13-12-14-22(23)17-18-26(19(2)3,20(4)5)21(6)7/h12-15,19-21,24-25H,8-10H2,1-7H3/i10D2. The summed E-state index contributed by atoms with van der Waals surface area (Å²) in [5.41, 5.74) is 6.76. The molecule has 0 saturated heterocycles. The highest BCUT2D eigenvalue weighted by molar-refractivity contribution is 6.90. The van der Waals surface area contributed by atoms with E-state index in [1.807, 2.05) is 31.2 Å². The number of benzene rings is 1. The Bertz CT molecular complexity index is 738. The van der Waals surface area contributed by atoms with E-state index in [1.165, 1.54) is 0 Å². The fourth-order valence-corrected chi connectivity index (χ4v) is 9.06. The van der Waals surface area contributed by atoms with Crippen molar-refractivity contribution >= 4 is 8.07 Å². The molecule has 1 nitrogen and oxygen atoms in total. The van der Waals surface area contributed by atoms with Gasteiger partial charge in [-0.1, -0.05) is 84.9 Å². The first kappa shape index (κ1) is 19.3.